The number of likely N-dealkylation sites (tertiary alicyclic amines) is 1. The van der Waals surface area contributed by atoms with Crippen LogP contribution in [0.3, 0.4) is 0 Å². The first-order valence-corrected chi connectivity index (χ1v) is 10.6. The summed E-state index contributed by atoms with van der Waals surface area (Å²) in [6, 6.07) is 9.95. The van der Waals surface area contributed by atoms with Crippen molar-refractivity contribution in [1.29, 1.82) is 0 Å². The summed E-state index contributed by atoms with van der Waals surface area (Å²) in [6.07, 6.45) is 5.01. The van der Waals surface area contributed by atoms with Gasteiger partial charge in [-0.1, -0.05) is 18.2 Å². The number of urea groups is 1. The van der Waals surface area contributed by atoms with Crippen molar-refractivity contribution in [3.63, 3.8) is 0 Å². The fourth-order valence-corrected chi connectivity index (χ4v) is 4.16. The number of pyridine rings is 1. The van der Waals surface area contributed by atoms with Crippen molar-refractivity contribution in [3.05, 3.63) is 65.2 Å². The van der Waals surface area contributed by atoms with E-state index in [0.29, 0.717) is 19.4 Å². The Bertz CT molecular complexity index is 946. The van der Waals surface area contributed by atoms with Gasteiger partial charge in [0, 0.05) is 25.7 Å². The molecule has 1 atom stereocenters. The van der Waals surface area contributed by atoms with E-state index in [0.717, 1.165) is 34.6 Å². The lowest BCUT2D eigenvalue weighted by Gasteiger charge is -2.25. The molecule has 2 aliphatic rings. The Morgan fingerprint density at radius 2 is 1.90 bits per heavy atom. The molecule has 4 amide bonds. The second kappa shape index (κ2) is 9.24. The Balaban J connectivity index is 1.33. The normalized spacial score (nSPS) is 18.5. The van der Waals surface area contributed by atoms with Gasteiger partial charge in [-0.15, -0.1) is 0 Å². The molecule has 3 heterocycles. The summed E-state index contributed by atoms with van der Waals surface area (Å²) in [6.45, 7) is 0.973. The van der Waals surface area contributed by atoms with E-state index in [1.807, 2.05) is 23.2 Å². The summed E-state index contributed by atoms with van der Waals surface area (Å²) < 4.78 is 13.1. The highest BCUT2D eigenvalue weighted by Gasteiger charge is 2.32. The minimum atomic E-state index is -0.388. The molecule has 1 aromatic carbocycles. The molecule has 8 heteroatoms. The van der Waals surface area contributed by atoms with E-state index in [1.54, 1.807) is 12.1 Å². The molecule has 0 bridgehead atoms. The predicted molar refractivity (Wildman–Crippen MR) is 111 cm³/mol. The average molecular weight is 424 g/mol. The average Bonchev–Trinajstić information content (AvgIpc) is 3.38. The zero-order chi connectivity index (χ0) is 21.8. The number of halogens is 1. The molecule has 2 saturated heterocycles. The van der Waals surface area contributed by atoms with Gasteiger partial charge in [0.2, 0.25) is 11.8 Å². The summed E-state index contributed by atoms with van der Waals surface area (Å²) in [4.78, 5) is 43.6. The van der Waals surface area contributed by atoms with Crippen LogP contribution in [-0.2, 0) is 16.0 Å². The highest BCUT2D eigenvalue weighted by atomic mass is 19.1. The molecule has 2 fully saturated rings. The maximum atomic E-state index is 13.1. The molecule has 2 aromatic rings. The molecule has 1 N–H and O–H groups in total. The van der Waals surface area contributed by atoms with Crippen LogP contribution < -0.4 is 5.32 Å². The summed E-state index contributed by atoms with van der Waals surface area (Å²) in [5.41, 5.74) is 2.90. The number of rotatable bonds is 7. The van der Waals surface area contributed by atoms with Crippen LogP contribution in [0.4, 0.5) is 9.18 Å². The number of benzene rings is 1. The highest BCUT2D eigenvalue weighted by molar-refractivity contribution is 6.01. The third-order valence-corrected chi connectivity index (χ3v) is 5.79. The van der Waals surface area contributed by atoms with Crippen molar-refractivity contribution < 1.29 is 18.8 Å². The number of hydrogen-bond acceptors (Lipinski definition) is 4. The van der Waals surface area contributed by atoms with Gasteiger partial charge in [0.15, 0.2) is 0 Å². The van der Waals surface area contributed by atoms with Crippen LogP contribution in [-0.4, -0.2) is 52.3 Å². The van der Waals surface area contributed by atoms with Gasteiger partial charge in [0.1, 0.15) is 5.82 Å². The SMILES string of the molecule is O=C1CNC(=O)N1CCCC(=O)N1CCC[C@H]1c1ccc(Cc2ccc(F)cc2)cn1. The first-order chi connectivity index (χ1) is 15.0. The summed E-state index contributed by atoms with van der Waals surface area (Å²) in [5.74, 6) is -0.480. The number of aromatic nitrogens is 1. The van der Waals surface area contributed by atoms with Crippen molar-refractivity contribution in [2.75, 3.05) is 19.6 Å². The number of nitrogens with one attached hydrogen (secondary N) is 1. The molecule has 0 saturated carbocycles. The fraction of sp³-hybridized carbons (Fsp3) is 0.391. The lowest BCUT2D eigenvalue weighted by Crippen LogP contribution is -2.34. The largest absolute Gasteiger partial charge is 0.334 e. The number of carbonyl (C=O) groups excluding carboxylic acids is 3. The number of carbonyl (C=O) groups is 3. The van der Waals surface area contributed by atoms with E-state index in [2.05, 4.69) is 10.3 Å². The third-order valence-electron chi connectivity index (χ3n) is 5.79. The predicted octanol–water partition coefficient (Wildman–Crippen LogP) is 2.81. The Labute approximate surface area is 180 Å². The van der Waals surface area contributed by atoms with Crippen LogP contribution in [0.5, 0.6) is 0 Å². The van der Waals surface area contributed by atoms with Crippen LogP contribution in [0, 0.1) is 5.82 Å². The van der Waals surface area contributed by atoms with Crippen molar-refractivity contribution in [1.82, 2.24) is 20.1 Å². The molecule has 4 rings (SSSR count). The second-order valence-corrected chi connectivity index (χ2v) is 7.95. The van der Waals surface area contributed by atoms with Crippen molar-refractivity contribution in [3.8, 4) is 0 Å². The standard InChI is InChI=1S/C23H25FN4O3/c24-18-8-5-16(6-9-18)13-17-7-10-19(25-14-17)20-3-1-11-27(20)21(29)4-2-12-28-22(30)15-26-23(28)31/h5-10,14,20H,1-4,11-13,15H2,(H,26,31)/t20-/m0/s1. The van der Waals surface area contributed by atoms with Gasteiger partial charge in [-0.25, -0.2) is 9.18 Å². The van der Waals surface area contributed by atoms with Gasteiger partial charge in [-0.2, -0.15) is 0 Å². The van der Waals surface area contributed by atoms with Gasteiger partial charge in [0.05, 0.1) is 18.3 Å². The lowest BCUT2D eigenvalue weighted by molar-refractivity contribution is -0.133. The van der Waals surface area contributed by atoms with E-state index in [4.69, 9.17) is 0 Å². The zero-order valence-electron chi connectivity index (χ0n) is 17.2. The number of hydrogen-bond donors (Lipinski definition) is 1. The molecule has 0 unspecified atom stereocenters. The van der Waals surface area contributed by atoms with Gasteiger partial charge in [-0.05, 0) is 55.0 Å². The molecular formula is C23H25FN4O3. The van der Waals surface area contributed by atoms with Crippen molar-refractivity contribution in [2.45, 2.75) is 38.1 Å². The van der Waals surface area contributed by atoms with Crippen LogP contribution in [0.15, 0.2) is 42.6 Å². The topological polar surface area (TPSA) is 82.6 Å². The Morgan fingerprint density at radius 3 is 2.58 bits per heavy atom. The third kappa shape index (κ3) is 4.90. The van der Waals surface area contributed by atoms with E-state index < -0.39 is 0 Å². The molecule has 7 nitrogen and oxygen atoms in total. The number of amides is 4. The van der Waals surface area contributed by atoms with Gasteiger partial charge in [-0.3, -0.25) is 19.5 Å². The van der Waals surface area contributed by atoms with Gasteiger partial charge in [0.25, 0.3) is 0 Å². The maximum Gasteiger partial charge on any atom is 0.324 e. The minimum Gasteiger partial charge on any atom is -0.334 e. The van der Waals surface area contributed by atoms with Gasteiger partial charge < -0.3 is 10.2 Å². The molecule has 31 heavy (non-hydrogen) atoms. The van der Waals surface area contributed by atoms with E-state index in [1.165, 1.54) is 12.1 Å². The first kappa shape index (κ1) is 21.0. The van der Waals surface area contributed by atoms with E-state index >= 15 is 0 Å². The molecule has 162 valence electrons. The maximum absolute atomic E-state index is 13.1. The van der Waals surface area contributed by atoms with Crippen LogP contribution in [0.25, 0.3) is 0 Å². The number of nitrogens with zero attached hydrogens (tertiary/aromatic N) is 3. The Morgan fingerprint density at radius 1 is 1.13 bits per heavy atom. The molecule has 2 aliphatic heterocycles. The monoisotopic (exact) mass is 424 g/mol. The summed E-state index contributed by atoms with van der Waals surface area (Å²) in [5, 5.41) is 2.48. The quantitative estimate of drug-likeness (QED) is 0.693. The van der Waals surface area contributed by atoms with Crippen LogP contribution >= 0.6 is 0 Å². The van der Waals surface area contributed by atoms with Crippen LogP contribution in [0.1, 0.15) is 48.5 Å². The second-order valence-electron chi connectivity index (χ2n) is 7.95. The molecule has 1 aromatic heterocycles. The first-order valence-electron chi connectivity index (χ1n) is 10.6. The smallest absolute Gasteiger partial charge is 0.324 e. The zero-order valence-corrected chi connectivity index (χ0v) is 17.2. The fourth-order valence-electron chi connectivity index (χ4n) is 4.16. The van der Waals surface area contributed by atoms with Crippen molar-refractivity contribution >= 4 is 17.8 Å². The van der Waals surface area contributed by atoms with E-state index in [9.17, 15) is 18.8 Å². The van der Waals surface area contributed by atoms with Crippen LogP contribution in [0.2, 0.25) is 0 Å². The summed E-state index contributed by atoms with van der Waals surface area (Å²) in [7, 11) is 0. The minimum absolute atomic E-state index is 0.0201. The highest BCUT2D eigenvalue weighted by Crippen LogP contribution is 2.31. The Kier molecular flexibility index (Phi) is 6.25. The Hall–Kier alpha value is -3.29. The molecule has 0 radical (unpaired) electrons. The van der Waals surface area contributed by atoms with Gasteiger partial charge >= 0.3 is 6.03 Å². The number of imide groups is 1. The molecule has 0 spiro atoms. The van der Waals surface area contributed by atoms with Crippen molar-refractivity contribution in [2.24, 2.45) is 0 Å². The lowest BCUT2D eigenvalue weighted by atomic mass is 10.0. The molecular weight excluding hydrogens is 399 g/mol. The summed E-state index contributed by atoms with van der Waals surface area (Å²) >= 11 is 0. The molecule has 0 aliphatic carbocycles. The van der Waals surface area contributed by atoms with E-state index in [-0.39, 0.29) is 49.2 Å².